The highest BCUT2D eigenvalue weighted by molar-refractivity contribution is 6.01. The molecule has 0 N–H and O–H groups in total. The minimum absolute atomic E-state index is 0.0217. The number of carbonyl (C=O) groups is 2. The maximum Gasteiger partial charge on any atom is 0.233 e. The number of rotatable bonds is 3. The molecule has 0 aromatic carbocycles. The molecule has 3 nitrogen and oxygen atoms in total. The number of nitrogens with zero attached hydrogens (tertiary/aromatic N) is 1. The van der Waals surface area contributed by atoms with Crippen molar-refractivity contribution < 1.29 is 9.59 Å². The fourth-order valence-corrected chi connectivity index (χ4v) is 1.45. The summed E-state index contributed by atoms with van der Waals surface area (Å²) in [4.78, 5) is 24.0. The van der Waals surface area contributed by atoms with Crippen LogP contribution in [0.5, 0.6) is 0 Å². The summed E-state index contributed by atoms with van der Waals surface area (Å²) in [6.07, 6.45) is 2.35. The van der Waals surface area contributed by atoms with Crippen molar-refractivity contribution in [2.24, 2.45) is 5.92 Å². The zero-order valence-electron chi connectivity index (χ0n) is 7.25. The molecule has 1 saturated heterocycles. The van der Waals surface area contributed by atoms with Crippen molar-refractivity contribution in [3.8, 4) is 0 Å². The third kappa shape index (κ3) is 1.55. The molecular weight excluding hydrogens is 154 g/mol. The van der Waals surface area contributed by atoms with Gasteiger partial charge in [0, 0.05) is 13.1 Å². The summed E-state index contributed by atoms with van der Waals surface area (Å²) < 4.78 is 0. The van der Waals surface area contributed by atoms with E-state index < -0.39 is 0 Å². The van der Waals surface area contributed by atoms with Gasteiger partial charge in [-0.15, -0.1) is 6.58 Å². The van der Waals surface area contributed by atoms with Crippen LogP contribution in [-0.4, -0.2) is 29.7 Å². The Bertz CT molecular complexity index is 223. The molecule has 1 rings (SSSR count). The van der Waals surface area contributed by atoms with Crippen LogP contribution in [0.3, 0.4) is 0 Å². The van der Waals surface area contributed by atoms with Crippen LogP contribution >= 0.6 is 0 Å². The van der Waals surface area contributed by atoms with Gasteiger partial charge >= 0.3 is 0 Å². The van der Waals surface area contributed by atoms with Gasteiger partial charge in [0.1, 0.15) is 5.78 Å². The molecule has 0 aromatic rings. The molecule has 3 heteroatoms. The van der Waals surface area contributed by atoms with E-state index >= 15 is 0 Å². The first-order valence-corrected chi connectivity index (χ1v) is 4.07. The highest BCUT2D eigenvalue weighted by atomic mass is 16.2. The third-order valence-corrected chi connectivity index (χ3v) is 2.14. The number of likely N-dealkylation sites (tertiary alicyclic amines) is 1. The summed E-state index contributed by atoms with van der Waals surface area (Å²) in [6, 6.07) is 0. The van der Waals surface area contributed by atoms with Crippen molar-refractivity contribution >= 4 is 11.7 Å². The van der Waals surface area contributed by atoms with Crippen LogP contribution < -0.4 is 0 Å². The lowest BCUT2D eigenvalue weighted by Gasteiger charge is -2.12. The van der Waals surface area contributed by atoms with E-state index in [2.05, 4.69) is 6.58 Å². The average Bonchev–Trinajstić information content (AvgIpc) is 2.34. The smallest absolute Gasteiger partial charge is 0.233 e. The molecular formula is C9H13NO2. The minimum Gasteiger partial charge on any atom is -0.338 e. The Hall–Kier alpha value is -1.12. The lowest BCUT2D eigenvalue weighted by atomic mass is 10.0. The summed E-state index contributed by atoms with van der Waals surface area (Å²) in [5.74, 6) is -0.445. The van der Waals surface area contributed by atoms with E-state index in [9.17, 15) is 9.59 Å². The second kappa shape index (κ2) is 3.52. The minimum atomic E-state index is -0.384. The van der Waals surface area contributed by atoms with Crippen LogP contribution in [0.1, 0.15) is 13.3 Å². The second-order valence-corrected chi connectivity index (χ2v) is 3.02. The monoisotopic (exact) mass is 167 g/mol. The molecule has 1 heterocycles. The number of hydrogen-bond donors (Lipinski definition) is 0. The van der Waals surface area contributed by atoms with E-state index in [0.717, 1.165) is 0 Å². The number of amides is 1. The summed E-state index contributed by atoms with van der Waals surface area (Å²) in [6.45, 7) is 6.27. The van der Waals surface area contributed by atoms with Crippen molar-refractivity contribution in [2.75, 3.05) is 13.1 Å². The molecule has 0 bridgehead atoms. The second-order valence-electron chi connectivity index (χ2n) is 3.02. The van der Waals surface area contributed by atoms with Gasteiger partial charge in [-0.3, -0.25) is 9.59 Å². The SMILES string of the molecule is C=CCN1CCC(C(C)=O)C1=O. The highest BCUT2D eigenvalue weighted by Crippen LogP contribution is 2.18. The molecule has 0 saturated carbocycles. The molecule has 1 atom stereocenters. The van der Waals surface area contributed by atoms with Crippen molar-refractivity contribution in [1.29, 1.82) is 0 Å². The Morgan fingerprint density at radius 3 is 2.92 bits per heavy atom. The van der Waals surface area contributed by atoms with Crippen molar-refractivity contribution in [3.05, 3.63) is 12.7 Å². The fraction of sp³-hybridized carbons (Fsp3) is 0.556. The van der Waals surface area contributed by atoms with Gasteiger partial charge < -0.3 is 4.90 Å². The van der Waals surface area contributed by atoms with Gasteiger partial charge in [-0.25, -0.2) is 0 Å². The number of hydrogen-bond acceptors (Lipinski definition) is 2. The molecule has 0 spiro atoms. The van der Waals surface area contributed by atoms with Crippen LogP contribution in [0.15, 0.2) is 12.7 Å². The lowest BCUT2D eigenvalue weighted by molar-refractivity contribution is -0.135. The largest absolute Gasteiger partial charge is 0.338 e. The summed E-state index contributed by atoms with van der Waals surface area (Å²) in [7, 11) is 0. The summed E-state index contributed by atoms with van der Waals surface area (Å²) in [5.41, 5.74) is 0. The molecule has 12 heavy (non-hydrogen) atoms. The van der Waals surface area contributed by atoms with Crippen LogP contribution in [0.4, 0.5) is 0 Å². The Morgan fingerprint density at radius 1 is 1.83 bits per heavy atom. The normalized spacial score (nSPS) is 22.9. The van der Waals surface area contributed by atoms with Gasteiger partial charge in [-0.2, -0.15) is 0 Å². The van der Waals surface area contributed by atoms with E-state index in [1.807, 2.05) is 0 Å². The van der Waals surface area contributed by atoms with Gasteiger partial charge in [-0.05, 0) is 13.3 Å². The zero-order chi connectivity index (χ0) is 9.14. The first-order chi connectivity index (χ1) is 5.66. The standard InChI is InChI=1S/C9H13NO2/c1-3-5-10-6-4-8(7(2)11)9(10)12/h3,8H,1,4-6H2,2H3. The molecule has 1 unspecified atom stereocenters. The number of ketones is 1. The predicted octanol–water partition coefficient (Wildman–Crippen LogP) is 0.610. The van der Waals surface area contributed by atoms with Gasteiger partial charge in [0.2, 0.25) is 5.91 Å². The number of Topliss-reactive ketones (excluding diaryl/α,β-unsaturated/α-hetero) is 1. The van der Waals surface area contributed by atoms with Gasteiger partial charge in [0.25, 0.3) is 0 Å². The van der Waals surface area contributed by atoms with Gasteiger partial charge in [0.05, 0.1) is 5.92 Å². The third-order valence-electron chi connectivity index (χ3n) is 2.14. The van der Waals surface area contributed by atoms with Gasteiger partial charge in [0.15, 0.2) is 0 Å². The van der Waals surface area contributed by atoms with E-state index in [1.54, 1.807) is 11.0 Å². The first-order valence-electron chi connectivity index (χ1n) is 4.07. The van der Waals surface area contributed by atoms with Crippen molar-refractivity contribution in [2.45, 2.75) is 13.3 Å². The summed E-state index contributed by atoms with van der Waals surface area (Å²) in [5, 5.41) is 0. The molecule has 66 valence electrons. The topological polar surface area (TPSA) is 37.4 Å². The quantitative estimate of drug-likeness (QED) is 0.456. The zero-order valence-corrected chi connectivity index (χ0v) is 7.25. The first kappa shape index (κ1) is 8.97. The molecule has 1 aliphatic rings. The highest BCUT2D eigenvalue weighted by Gasteiger charge is 2.33. The molecule has 1 aliphatic heterocycles. The Balaban J connectivity index is 2.60. The maximum absolute atomic E-state index is 11.4. The lowest BCUT2D eigenvalue weighted by Crippen LogP contribution is -2.29. The van der Waals surface area contributed by atoms with E-state index in [0.29, 0.717) is 19.5 Å². The van der Waals surface area contributed by atoms with Crippen molar-refractivity contribution in [1.82, 2.24) is 4.90 Å². The molecule has 0 radical (unpaired) electrons. The van der Waals surface area contributed by atoms with Crippen LogP contribution in [0.2, 0.25) is 0 Å². The van der Waals surface area contributed by atoms with Crippen LogP contribution in [0, 0.1) is 5.92 Å². The van der Waals surface area contributed by atoms with Gasteiger partial charge in [-0.1, -0.05) is 6.08 Å². The average molecular weight is 167 g/mol. The van der Waals surface area contributed by atoms with E-state index in [4.69, 9.17) is 0 Å². The number of carbonyl (C=O) groups excluding carboxylic acids is 2. The van der Waals surface area contributed by atoms with Crippen LogP contribution in [0.25, 0.3) is 0 Å². The summed E-state index contributed by atoms with van der Waals surface area (Å²) >= 11 is 0. The molecule has 1 fully saturated rings. The predicted molar refractivity (Wildman–Crippen MR) is 45.6 cm³/mol. The molecule has 0 aliphatic carbocycles. The Morgan fingerprint density at radius 2 is 2.50 bits per heavy atom. The molecule has 0 aromatic heterocycles. The van der Waals surface area contributed by atoms with Crippen LogP contribution in [-0.2, 0) is 9.59 Å². The van der Waals surface area contributed by atoms with E-state index in [1.165, 1.54) is 6.92 Å². The Kier molecular flexibility index (Phi) is 2.63. The fourth-order valence-electron chi connectivity index (χ4n) is 1.45. The maximum atomic E-state index is 11.4. The van der Waals surface area contributed by atoms with E-state index in [-0.39, 0.29) is 17.6 Å². The molecule has 1 amide bonds. The Labute approximate surface area is 72.0 Å². The van der Waals surface area contributed by atoms with Crippen molar-refractivity contribution in [3.63, 3.8) is 0 Å².